The van der Waals surface area contributed by atoms with Crippen molar-refractivity contribution in [3.63, 3.8) is 0 Å². The molecule has 0 amide bonds. The van der Waals surface area contributed by atoms with Crippen molar-refractivity contribution < 1.29 is 0 Å². The van der Waals surface area contributed by atoms with Gasteiger partial charge in [0.2, 0.25) is 0 Å². The van der Waals surface area contributed by atoms with Gasteiger partial charge in [-0.2, -0.15) is 11.8 Å². The number of benzene rings is 1. The lowest BCUT2D eigenvalue weighted by molar-refractivity contribution is 0.725. The van der Waals surface area contributed by atoms with Crippen LogP contribution in [0.15, 0.2) is 35.4 Å². The van der Waals surface area contributed by atoms with E-state index in [9.17, 15) is 4.79 Å². The molecule has 0 saturated carbocycles. The molecule has 1 heterocycles. The van der Waals surface area contributed by atoms with E-state index in [1.54, 1.807) is 10.9 Å². The standard InChI is InChI=1S/C12H14N2OS/c1-2-16-8-7-14-9-13-11-6-4-3-5-10(11)12(14)15/h3-6,9H,2,7-8H2,1H3. The highest BCUT2D eigenvalue weighted by Crippen LogP contribution is 2.05. The Morgan fingerprint density at radius 2 is 2.19 bits per heavy atom. The first kappa shape index (κ1) is 11.2. The van der Waals surface area contributed by atoms with Gasteiger partial charge in [0.25, 0.3) is 5.56 Å². The van der Waals surface area contributed by atoms with E-state index in [0.717, 1.165) is 23.6 Å². The fraction of sp³-hybridized carbons (Fsp3) is 0.333. The third-order valence-corrected chi connectivity index (χ3v) is 3.29. The van der Waals surface area contributed by atoms with Crippen molar-refractivity contribution in [1.29, 1.82) is 0 Å². The third-order valence-electron chi connectivity index (χ3n) is 2.41. The largest absolute Gasteiger partial charge is 0.298 e. The molecule has 3 nitrogen and oxygen atoms in total. The summed E-state index contributed by atoms with van der Waals surface area (Å²) in [5, 5.41) is 0.700. The zero-order valence-electron chi connectivity index (χ0n) is 9.22. The van der Waals surface area contributed by atoms with Gasteiger partial charge in [-0.3, -0.25) is 9.36 Å². The molecule has 0 aliphatic heterocycles. The minimum Gasteiger partial charge on any atom is -0.298 e. The van der Waals surface area contributed by atoms with E-state index in [2.05, 4.69) is 11.9 Å². The fourth-order valence-corrected chi connectivity index (χ4v) is 2.19. The van der Waals surface area contributed by atoms with Crippen LogP contribution in [0.3, 0.4) is 0 Å². The molecule has 0 unspecified atom stereocenters. The van der Waals surface area contributed by atoms with Gasteiger partial charge in [0.1, 0.15) is 0 Å². The van der Waals surface area contributed by atoms with Gasteiger partial charge >= 0.3 is 0 Å². The van der Waals surface area contributed by atoms with Crippen molar-refractivity contribution in [1.82, 2.24) is 9.55 Å². The van der Waals surface area contributed by atoms with Gasteiger partial charge in [-0.05, 0) is 17.9 Å². The molecule has 0 atom stereocenters. The van der Waals surface area contributed by atoms with Crippen LogP contribution in [0.4, 0.5) is 0 Å². The van der Waals surface area contributed by atoms with Gasteiger partial charge in [0.15, 0.2) is 0 Å². The number of hydrogen-bond donors (Lipinski definition) is 0. The van der Waals surface area contributed by atoms with Gasteiger partial charge in [0.05, 0.1) is 17.2 Å². The molecular weight excluding hydrogens is 220 g/mol. The molecule has 0 spiro atoms. The molecule has 2 rings (SSSR count). The lowest BCUT2D eigenvalue weighted by Gasteiger charge is -2.05. The molecule has 0 radical (unpaired) electrons. The normalized spacial score (nSPS) is 10.8. The Labute approximate surface area is 98.5 Å². The SMILES string of the molecule is CCSCCn1cnc2ccccc2c1=O. The Balaban J connectivity index is 2.33. The first-order valence-corrected chi connectivity index (χ1v) is 6.50. The van der Waals surface area contributed by atoms with E-state index in [-0.39, 0.29) is 5.56 Å². The molecule has 0 N–H and O–H groups in total. The Bertz CT molecular complexity index is 536. The molecule has 4 heteroatoms. The second kappa shape index (κ2) is 5.16. The van der Waals surface area contributed by atoms with E-state index >= 15 is 0 Å². The molecule has 2 aromatic rings. The number of hydrogen-bond acceptors (Lipinski definition) is 3. The molecule has 0 saturated heterocycles. The van der Waals surface area contributed by atoms with Crippen molar-refractivity contribution in [3.8, 4) is 0 Å². The summed E-state index contributed by atoms with van der Waals surface area (Å²) in [6, 6.07) is 7.46. The maximum absolute atomic E-state index is 12.0. The van der Waals surface area contributed by atoms with Crippen LogP contribution in [0.2, 0.25) is 0 Å². The van der Waals surface area contributed by atoms with Crippen LogP contribution in [-0.2, 0) is 6.54 Å². The topological polar surface area (TPSA) is 34.9 Å². The molecule has 1 aromatic heterocycles. The van der Waals surface area contributed by atoms with E-state index in [0.29, 0.717) is 5.39 Å². The zero-order valence-corrected chi connectivity index (χ0v) is 10.0. The van der Waals surface area contributed by atoms with Gasteiger partial charge in [-0.25, -0.2) is 4.98 Å². The summed E-state index contributed by atoms with van der Waals surface area (Å²) >= 11 is 1.83. The highest BCUT2D eigenvalue weighted by molar-refractivity contribution is 7.99. The molecule has 16 heavy (non-hydrogen) atoms. The first-order valence-electron chi connectivity index (χ1n) is 5.35. The van der Waals surface area contributed by atoms with E-state index in [1.165, 1.54) is 0 Å². The van der Waals surface area contributed by atoms with Crippen molar-refractivity contribution in [3.05, 3.63) is 40.9 Å². The first-order chi connectivity index (χ1) is 7.83. The second-order valence-corrected chi connectivity index (χ2v) is 4.85. The molecule has 0 bridgehead atoms. The van der Waals surface area contributed by atoms with Gasteiger partial charge in [-0.15, -0.1) is 0 Å². The Kier molecular flexibility index (Phi) is 3.62. The Hall–Kier alpha value is -1.29. The lowest BCUT2D eigenvalue weighted by atomic mass is 10.2. The van der Waals surface area contributed by atoms with E-state index in [1.807, 2.05) is 36.0 Å². The summed E-state index contributed by atoms with van der Waals surface area (Å²) in [6.45, 7) is 2.85. The van der Waals surface area contributed by atoms with Crippen LogP contribution in [0, 0.1) is 0 Å². The molecule has 0 aliphatic rings. The van der Waals surface area contributed by atoms with Gasteiger partial charge in [-0.1, -0.05) is 19.1 Å². The number of aromatic nitrogens is 2. The smallest absolute Gasteiger partial charge is 0.261 e. The van der Waals surface area contributed by atoms with Crippen LogP contribution >= 0.6 is 11.8 Å². The lowest BCUT2D eigenvalue weighted by Crippen LogP contribution is -2.21. The predicted octanol–water partition coefficient (Wildman–Crippen LogP) is 2.15. The predicted molar refractivity (Wildman–Crippen MR) is 69.0 cm³/mol. The molecule has 0 fully saturated rings. The average Bonchev–Trinajstić information content (AvgIpc) is 2.33. The number of thioether (sulfide) groups is 1. The highest BCUT2D eigenvalue weighted by Gasteiger charge is 2.02. The zero-order chi connectivity index (χ0) is 11.4. The number of fused-ring (bicyclic) bond motifs is 1. The van der Waals surface area contributed by atoms with Crippen molar-refractivity contribution in [2.45, 2.75) is 13.5 Å². The maximum Gasteiger partial charge on any atom is 0.261 e. The molecule has 84 valence electrons. The van der Waals surface area contributed by atoms with Crippen LogP contribution in [-0.4, -0.2) is 21.1 Å². The Morgan fingerprint density at radius 3 is 3.00 bits per heavy atom. The van der Waals surface area contributed by atoms with Crippen LogP contribution in [0.25, 0.3) is 10.9 Å². The minimum absolute atomic E-state index is 0.0577. The van der Waals surface area contributed by atoms with Crippen molar-refractivity contribution >= 4 is 22.7 Å². The monoisotopic (exact) mass is 234 g/mol. The number of nitrogens with zero attached hydrogens (tertiary/aromatic N) is 2. The van der Waals surface area contributed by atoms with Crippen LogP contribution in [0.5, 0.6) is 0 Å². The number of aryl methyl sites for hydroxylation is 1. The number of rotatable bonds is 4. The van der Waals surface area contributed by atoms with Crippen molar-refractivity contribution in [2.24, 2.45) is 0 Å². The summed E-state index contributed by atoms with van der Waals surface area (Å²) in [4.78, 5) is 16.3. The summed E-state index contributed by atoms with van der Waals surface area (Å²) in [5.41, 5.74) is 0.828. The van der Waals surface area contributed by atoms with Gasteiger partial charge < -0.3 is 0 Å². The Morgan fingerprint density at radius 1 is 1.38 bits per heavy atom. The quantitative estimate of drug-likeness (QED) is 0.760. The number of para-hydroxylation sites is 1. The summed E-state index contributed by atoms with van der Waals surface area (Å²) in [7, 11) is 0. The van der Waals surface area contributed by atoms with E-state index < -0.39 is 0 Å². The maximum atomic E-state index is 12.0. The minimum atomic E-state index is 0.0577. The summed E-state index contributed by atoms with van der Waals surface area (Å²) < 4.78 is 1.69. The van der Waals surface area contributed by atoms with Crippen molar-refractivity contribution in [2.75, 3.05) is 11.5 Å². The fourth-order valence-electron chi connectivity index (χ4n) is 1.57. The summed E-state index contributed by atoms with van der Waals surface area (Å²) in [6.07, 6.45) is 1.64. The summed E-state index contributed by atoms with van der Waals surface area (Å²) in [5.74, 6) is 2.03. The van der Waals surface area contributed by atoms with Crippen LogP contribution in [0.1, 0.15) is 6.92 Å². The van der Waals surface area contributed by atoms with Gasteiger partial charge in [0, 0.05) is 12.3 Å². The third kappa shape index (κ3) is 2.27. The second-order valence-electron chi connectivity index (χ2n) is 3.46. The molecule has 0 aliphatic carbocycles. The van der Waals surface area contributed by atoms with E-state index in [4.69, 9.17) is 0 Å². The molecular formula is C12H14N2OS. The highest BCUT2D eigenvalue weighted by atomic mass is 32.2. The molecule has 1 aromatic carbocycles. The average molecular weight is 234 g/mol. The van der Waals surface area contributed by atoms with Crippen LogP contribution < -0.4 is 5.56 Å².